The zero-order valence-electron chi connectivity index (χ0n) is 20.4. The van der Waals surface area contributed by atoms with E-state index in [1.807, 2.05) is 49.0 Å². The molecule has 0 bridgehead atoms. The first-order valence-corrected chi connectivity index (χ1v) is 13.7. The van der Waals surface area contributed by atoms with Crippen molar-refractivity contribution < 1.29 is 7.86 Å². The van der Waals surface area contributed by atoms with Crippen molar-refractivity contribution in [3.8, 4) is 5.75 Å². The van der Waals surface area contributed by atoms with Gasteiger partial charge in [-0.3, -0.25) is 4.79 Å². The highest BCUT2D eigenvalue weighted by Crippen LogP contribution is 2.27. The Morgan fingerprint density at radius 2 is 1.23 bits per heavy atom. The Labute approximate surface area is 206 Å². The average molecular weight is 544 g/mol. The number of rotatable bonds is 19. The summed E-state index contributed by atoms with van der Waals surface area (Å²) in [6.45, 7) is 7.01. The van der Waals surface area contributed by atoms with Crippen LogP contribution in [0.5, 0.6) is 5.75 Å². The van der Waals surface area contributed by atoms with Crippen molar-refractivity contribution in [2.75, 3.05) is 6.54 Å². The summed E-state index contributed by atoms with van der Waals surface area (Å²) in [6.07, 6.45) is 21.8. The minimum atomic E-state index is -0.0283. The van der Waals surface area contributed by atoms with E-state index in [1.165, 1.54) is 96.3 Å². The molecule has 1 rings (SSSR count). The highest BCUT2D eigenvalue weighted by atomic mass is 127. The number of halogens is 1. The fraction of sp³-hybridized carbons (Fsp3) is 0.741. The van der Waals surface area contributed by atoms with Gasteiger partial charge >= 0.3 is 0 Å². The molecule has 4 heteroatoms. The van der Waals surface area contributed by atoms with Gasteiger partial charge in [0.1, 0.15) is 5.75 Å². The quantitative estimate of drug-likeness (QED) is 0.140. The number of nitrogens with one attached hydrogen (secondary N) is 1. The standard InChI is InChI=1S/C27H46INO2/c1-4-5-6-7-8-9-10-11-12-13-14-15-16-17-18-19-20-29-27(30)25-22-23(2)21-24(3)26(25)31-28/h21-22H,4-20H2,1-3H3,(H,29,30). The van der Waals surface area contributed by atoms with Crippen LogP contribution >= 0.6 is 23.0 Å². The molecule has 1 amide bonds. The van der Waals surface area contributed by atoms with Crippen molar-refractivity contribution in [3.63, 3.8) is 0 Å². The van der Waals surface area contributed by atoms with E-state index in [9.17, 15) is 4.79 Å². The van der Waals surface area contributed by atoms with Crippen molar-refractivity contribution in [1.82, 2.24) is 5.32 Å². The molecule has 178 valence electrons. The second-order valence-corrected chi connectivity index (χ2v) is 9.54. The van der Waals surface area contributed by atoms with Gasteiger partial charge in [0, 0.05) is 6.54 Å². The fourth-order valence-corrected chi connectivity index (χ4v) is 4.78. The lowest BCUT2D eigenvalue weighted by molar-refractivity contribution is 0.0951. The van der Waals surface area contributed by atoms with Crippen LogP contribution in [0, 0.1) is 13.8 Å². The van der Waals surface area contributed by atoms with E-state index in [0.29, 0.717) is 11.3 Å². The second-order valence-electron chi connectivity index (χ2n) is 9.09. The van der Waals surface area contributed by atoms with Crippen LogP contribution in [-0.4, -0.2) is 12.5 Å². The van der Waals surface area contributed by atoms with Gasteiger partial charge in [0.05, 0.1) is 5.56 Å². The van der Waals surface area contributed by atoms with E-state index < -0.39 is 0 Å². The van der Waals surface area contributed by atoms with Crippen molar-refractivity contribution in [2.45, 2.75) is 124 Å². The van der Waals surface area contributed by atoms with E-state index in [1.54, 1.807) is 0 Å². The lowest BCUT2D eigenvalue weighted by Crippen LogP contribution is -2.25. The predicted molar refractivity (Wildman–Crippen MR) is 142 cm³/mol. The molecule has 3 nitrogen and oxygen atoms in total. The summed E-state index contributed by atoms with van der Waals surface area (Å²) in [4.78, 5) is 12.5. The van der Waals surface area contributed by atoms with Gasteiger partial charge in [0.15, 0.2) is 23.0 Å². The lowest BCUT2D eigenvalue weighted by Gasteiger charge is -2.11. The first kappa shape index (κ1) is 28.3. The Bertz CT molecular complexity index is 603. The van der Waals surface area contributed by atoms with E-state index >= 15 is 0 Å². The summed E-state index contributed by atoms with van der Waals surface area (Å²) in [7, 11) is 0. The maximum Gasteiger partial charge on any atom is 0.255 e. The zero-order chi connectivity index (χ0) is 22.7. The number of carbonyl (C=O) groups is 1. The predicted octanol–water partition coefficient (Wildman–Crippen LogP) is 9.02. The Morgan fingerprint density at radius 3 is 1.68 bits per heavy atom. The minimum Gasteiger partial charge on any atom is -0.427 e. The van der Waals surface area contributed by atoms with Crippen LogP contribution in [0.1, 0.15) is 131 Å². The SMILES string of the molecule is CCCCCCCCCCCCCCCCCCNC(=O)c1cc(C)cc(C)c1OI. The molecule has 31 heavy (non-hydrogen) atoms. The number of hydrogen-bond donors (Lipinski definition) is 1. The van der Waals surface area contributed by atoms with Crippen molar-refractivity contribution in [3.05, 3.63) is 28.8 Å². The second kappa shape index (κ2) is 18.8. The number of hydrogen-bond acceptors (Lipinski definition) is 2. The van der Waals surface area contributed by atoms with Gasteiger partial charge in [-0.2, -0.15) is 0 Å². The lowest BCUT2D eigenvalue weighted by atomic mass is 10.0. The van der Waals surface area contributed by atoms with Gasteiger partial charge in [-0.15, -0.1) is 0 Å². The summed E-state index contributed by atoms with van der Waals surface area (Å²) in [5, 5.41) is 3.06. The number of unbranched alkanes of at least 4 members (excludes halogenated alkanes) is 15. The molecule has 0 aromatic heterocycles. The summed E-state index contributed by atoms with van der Waals surface area (Å²) >= 11 is 1.85. The van der Waals surface area contributed by atoms with Crippen LogP contribution in [0.4, 0.5) is 0 Å². The molecule has 0 unspecified atom stereocenters. The van der Waals surface area contributed by atoms with Crippen LogP contribution in [0.3, 0.4) is 0 Å². The largest absolute Gasteiger partial charge is 0.427 e. The minimum absolute atomic E-state index is 0.0283. The van der Waals surface area contributed by atoms with Crippen molar-refractivity contribution in [2.24, 2.45) is 0 Å². The van der Waals surface area contributed by atoms with Crippen LogP contribution in [0.2, 0.25) is 0 Å². The molecule has 1 aromatic rings. The van der Waals surface area contributed by atoms with E-state index in [4.69, 9.17) is 3.07 Å². The molecule has 0 aliphatic heterocycles. The molecule has 0 radical (unpaired) electrons. The van der Waals surface area contributed by atoms with Gasteiger partial charge in [0.25, 0.3) is 5.91 Å². The van der Waals surface area contributed by atoms with E-state index in [-0.39, 0.29) is 5.91 Å². The monoisotopic (exact) mass is 543 g/mol. The molecule has 0 aliphatic carbocycles. The van der Waals surface area contributed by atoms with Gasteiger partial charge in [0.2, 0.25) is 0 Å². The Kier molecular flexibility index (Phi) is 17.1. The van der Waals surface area contributed by atoms with Crippen LogP contribution in [0.25, 0.3) is 0 Å². The van der Waals surface area contributed by atoms with Gasteiger partial charge < -0.3 is 8.38 Å². The summed E-state index contributed by atoms with van der Waals surface area (Å²) in [5.74, 6) is 0.648. The highest BCUT2D eigenvalue weighted by molar-refractivity contribution is 14.1. The van der Waals surface area contributed by atoms with Gasteiger partial charge in [-0.1, -0.05) is 109 Å². The molecule has 0 aliphatic rings. The third kappa shape index (κ3) is 13.4. The van der Waals surface area contributed by atoms with E-state index in [2.05, 4.69) is 12.2 Å². The van der Waals surface area contributed by atoms with Crippen molar-refractivity contribution >= 4 is 28.9 Å². The highest BCUT2D eigenvalue weighted by Gasteiger charge is 2.15. The Morgan fingerprint density at radius 1 is 0.774 bits per heavy atom. The Balaban J connectivity index is 1.95. The number of aryl methyl sites for hydroxylation is 2. The molecule has 1 N–H and O–H groups in total. The van der Waals surface area contributed by atoms with Crippen LogP contribution in [0.15, 0.2) is 12.1 Å². The number of benzene rings is 1. The molecule has 0 heterocycles. The molecule has 0 saturated heterocycles. The van der Waals surface area contributed by atoms with E-state index in [0.717, 1.165) is 24.1 Å². The molecular weight excluding hydrogens is 497 g/mol. The molecule has 1 aromatic carbocycles. The average Bonchev–Trinajstić information content (AvgIpc) is 2.75. The number of amides is 1. The van der Waals surface area contributed by atoms with Gasteiger partial charge in [-0.05, 0) is 37.5 Å². The molecule has 0 saturated carbocycles. The maximum atomic E-state index is 12.5. The third-order valence-corrected chi connectivity index (χ3v) is 6.50. The topological polar surface area (TPSA) is 38.3 Å². The summed E-state index contributed by atoms with van der Waals surface area (Å²) in [5.41, 5.74) is 2.73. The van der Waals surface area contributed by atoms with Crippen LogP contribution < -0.4 is 8.38 Å². The molecule has 0 spiro atoms. The Hall–Kier alpha value is -0.780. The normalized spacial score (nSPS) is 11.0. The smallest absolute Gasteiger partial charge is 0.255 e. The zero-order valence-corrected chi connectivity index (χ0v) is 22.5. The summed E-state index contributed by atoms with van der Waals surface area (Å²) in [6, 6.07) is 3.95. The fourth-order valence-electron chi connectivity index (χ4n) is 4.20. The van der Waals surface area contributed by atoms with Gasteiger partial charge in [-0.25, -0.2) is 0 Å². The third-order valence-electron chi connectivity index (χ3n) is 6.06. The number of carbonyl (C=O) groups excluding carboxylic acids is 1. The van der Waals surface area contributed by atoms with Crippen molar-refractivity contribution in [1.29, 1.82) is 0 Å². The molecule has 0 atom stereocenters. The molecule has 0 fully saturated rings. The summed E-state index contributed by atoms with van der Waals surface area (Å²) < 4.78 is 5.40. The first-order chi connectivity index (χ1) is 15.1. The van der Waals surface area contributed by atoms with Crippen LogP contribution in [-0.2, 0) is 0 Å². The molecular formula is C27H46INO2. The maximum absolute atomic E-state index is 12.5. The first-order valence-electron chi connectivity index (χ1n) is 12.8.